The lowest BCUT2D eigenvalue weighted by atomic mass is 10.1. The first-order valence-corrected chi connectivity index (χ1v) is 11.9. The van der Waals surface area contributed by atoms with E-state index in [2.05, 4.69) is 15.9 Å². The van der Waals surface area contributed by atoms with E-state index in [1.807, 2.05) is 0 Å². The van der Waals surface area contributed by atoms with E-state index in [-0.39, 0.29) is 41.4 Å². The van der Waals surface area contributed by atoms with Crippen LogP contribution in [0.5, 0.6) is 17.2 Å². The number of ether oxygens (including phenoxy) is 3. The van der Waals surface area contributed by atoms with E-state index in [0.29, 0.717) is 5.56 Å². The number of rotatable bonds is 8. The number of esters is 1. The molecule has 0 spiro atoms. The number of fused-ring (bicyclic) bond motifs is 1. The summed E-state index contributed by atoms with van der Waals surface area (Å²) < 4.78 is 62.9. The van der Waals surface area contributed by atoms with Crippen molar-refractivity contribution in [1.82, 2.24) is 0 Å². The van der Waals surface area contributed by atoms with Gasteiger partial charge in [0.1, 0.15) is 17.1 Å². The van der Waals surface area contributed by atoms with Crippen LogP contribution < -0.4 is 14.9 Å². The number of ketones is 1. The van der Waals surface area contributed by atoms with Gasteiger partial charge in [0.05, 0.1) is 17.6 Å². The van der Waals surface area contributed by atoms with Crippen LogP contribution in [0.3, 0.4) is 0 Å². The predicted octanol–water partition coefficient (Wildman–Crippen LogP) is 6.81. The van der Waals surface area contributed by atoms with Gasteiger partial charge in [0, 0.05) is 16.1 Å². The Hall–Kier alpha value is -4.12. The molecule has 0 aliphatic carbocycles. The lowest BCUT2D eigenvalue weighted by Crippen LogP contribution is -2.16. The smallest absolute Gasteiger partial charge is 0.453 e. The van der Waals surface area contributed by atoms with E-state index in [1.165, 1.54) is 36.4 Å². The number of alkyl halides is 3. The minimum absolute atomic E-state index is 0.0301. The van der Waals surface area contributed by atoms with E-state index in [1.54, 1.807) is 31.2 Å². The van der Waals surface area contributed by atoms with Gasteiger partial charge in [-0.05, 0) is 55.5 Å². The molecule has 0 saturated heterocycles. The molecule has 0 N–H and O–H groups in total. The quantitative estimate of drug-likeness (QED) is 0.164. The molecule has 1 heterocycles. The molecule has 0 radical (unpaired) electrons. The summed E-state index contributed by atoms with van der Waals surface area (Å²) in [5.41, 5.74) is -0.921. The molecule has 4 aromatic rings. The summed E-state index contributed by atoms with van der Waals surface area (Å²) in [6.07, 6.45) is -5.07. The lowest BCUT2D eigenvalue weighted by Gasteiger charge is -2.14. The zero-order valence-electron chi connectivity index (χ0n) is 19.6. The van der Waals surface area contributed by atoms with Crippen molar-refractivity contribution in [1.29, 1.82) is 0 Å². The summed E-state index contributed by atoms with van der Waals surface area (Å²) in [5.74, 6) is -3.77. The highest BCUT2D eigenvalue weighted by Crippen LogP contribution is 2.38. The van der Waals surface area contributed by atoms with Gasteiger partial charge in [-0.1, -0.05) is 28.1 Å². The van der Waals surface area contributed by atoms with E-state index in [4.69, 9.17) is 18.6 Å². The van der Waals surface area contributed by atoms with E-state index < -0.39 is 34.7 Å². The topological polar surface area (TPSA) is 92.0 Å². The molecule has 0 unspecified atom stereocenters. The Bertz CT molecular complexity index is 1540. The zero-order chi connectivity index (χ0) is 27.4. The monoisotopic (exact) mass is 590 g/mol. The highest BCUT2D eigenvalue weighted by Gasteiger charge is 2.40. The van der Waals surface area contributed by atoms with Crippen LogP contribution in [0.25, 0.3) is 11.0 Å². The number of carbonyl (C=O) groups is 2. The van der Waals surface area contributed by atoms with Crippen LogP contribution in [0.1, 0.15) is 33.4 Å². The number of hydrogen-bond donors (Lipinski definition) is 0. The maximum Gasteiger partial charge on any atom is 0.453 e. The second-order valence-electron chi connectivity index (χ2n) is 7.81. The summed E-state index contributed by atoms with van der Waals surface area (Å²) >= 11 is 3.27. The lowest BCUT2D eigenvalue weighted by molar-refractivity contribution is -0.154. The fourth-order valence-electron chi connectivity index (χ4n) is 3.38. The van der Waals surface area contributed by atoms with Crippen LogP contribution in [-0.2, 0) is 10.9 Å². The maximum absolute atomic E-state index is 13.8. The second kappa shape index (κ2) is 11.1. The first-order chi connectivity index (χ1) is 18.1. The molecular formula is C27H18BrF3O7. The Morgan fingerprint density at radius 2 is 1.55 bits per heavy atom. The van der Waals surface area contributed by atoms with Crippen molar-refractivity contribution in [2.75, 3.05) is 13.2 Å². The molecule has 7 nitrogen and oxygen atoms in total. The molecule has 38 heavy (non-hydrogen) atoms. The highest BCUT2D eigenvalue weighted by molar-refractivity contribution is 9.10. The maximum atomic E-state index is 13.8. The molecule has 0 aliphatic heterocycles. The molecule has 0 bridgehead atoms. The Morgan fingerprint density at radius 3 is 2.18 bits per heavy atom. The first-order valence-electron chi connectivity index (χ1n) is 11.1. The van der Waals surface area contributed by atoms with Crippen LogP contribution in [-0.4, -0.2) is 25.0 Å². The highest BCUT2D eigenvalue weighted by atomic mass is 79.9. The minimum Gasteiger partial charge on any atom is -0.485 e. The Morgan fingerprint density at radius 1 is 0.921 bits per heavy atom. The van der Waals surface area contributed by atoms with Gasteiger partial charge in [0.15, 0.2) is 12.4 Å². The van der Waals surface area contributed by atoms with Gasteiger partial charge in [-0.15, -0.1) is 0 Å². The van der Waals surface area contributed by atoms with E-state index in [9.17, 15) is 27.6 Å². The van der Waals surface area contributed by atoms with Crippen molar-refractivity contribution in [2.24, 2.45) is 0 Å². The third-order valence-corrected chi connectivity index (χ3v) is 5.73. The Balaban J connectivity index is 1.62. The van der Waals surface area contributed by atoms with Crippen molar-refractivity contribution in [3.05, 3.63) is 98.3 Å². The van der Waals surface area contributed by atoms with Gasteiger partial charge in [0.25, 0.3) is 5.76 Å². The molecule has 1 aromatic heterocycles. The van der Waals surface area contributed by atoms with Crippen LogP contribution in [0.2, 0.25) is 0 Å². The van der Waals surface area contributed by atoms with Gasteiger partial charge in [0.2, 0.25) is 11.2 Å². The predicted molar refractivity (Wildman–Crippen MR) is 134 cm³/mol. The zero-order valence-corrected chi connectivity index (χ0v) is 21.2. The number of carbonyl (C=O) groups excluding carboxylic acids is 2. The first kappa shape index (κ1) is 26.9. The molecule has 196 valence electrons. The van der Waals surface area contributed by atoms with Crippen molar-refractivity contribution in [3.8, 4) is 17.2 Å². The van der Waals surface area contributed by atoms with Crippen molar-refractivity contribution < 1.29 is 41.4 Å². The Kier molecular flexibility index (Phi) is 7.86. The van der Waals surface area contributed by atoms with Crippen LogP contribution in [0.15, 0.2) is 80.4 Å². The standard InChI is InChI=1S/C27H18BrF3O7/c1-2-35-26(34)16-5-9-18(10-6-16)37-24-23(33)20-12-11-19(13-22(20)38-25(24)27(29,30)31)36-14-21(32)15-3-7-17(28)8-4-15/h3-13H,2,14H2,1H3. The number of hydrogen-bond acceptors (Lipinski definition) is 7. The summed E-state index contributed by atoms with van der Waals surface area (Å²) in [5, 5.41) is -0.192. The molecule has 3 aromatic carbocycles. The molecule has 0 aliphatic rings. The molecule has 0 saturated carbocycles. The molecule has 4 rings (SSSR count). The fourth-order valence-corrected chi connectivity index (χ4v) is 3.65. The van der Waals surface area contributed by atoms with Gasteiger partial charge in [-0.3, -0.25) is 9.59 Å². The third-order valence-electron chi connectivity index (χ3n) is 5.20. The van der Waals surface area contributed by atoms with Gasteiger partial charge in [-0.25, -0.2) is 4.79 Å². The fraction of sp³-hybridized carbons (Fsp3) is 0.148. The summed E-state index contributed by atoms with van der Waals surface area (Å²) in [4.78, 5) is 37.1. The molecule has 0 fully saturated rings. The number of Topliss-reactive ketones (excluding diaryl/α,β-unsaturated/α-hetero) is 1. The summed E-state index contributed by atoms with van der Waals surface area (Å²) in [6.45, 7) is 1.40. The molecule has 11 heteroatoms. The van der Waals surface area contributed by atoms with Gasteiger partial charge in [-0.2, -0.15) is 13.2 Å². The van der Waals surface area contributed by atoms with Crippen LogP contribution in [0, 0.1) is 0 Å². The van der Waals surface area contributed by atoms with Gasteiger partial charge >= 0.3 is 12.1 Å². The second-order valence-corrected chi connectivity index (χ2v) is 8.73. The van der Waals surface area contributed by atoms with Crippen molar-refractivity contribution >= 4 is 38.7 Å². The van der Waals surface area contributed by atoms with E-state index in [0.717, 1.165) is 10.5 Å². The summed E-state index contributed by atoms with van der Waals surface area (Å²) in [7, 11) is 0. The van der Waals surface area contributed by atoms with Crippen LogP contribution >= 0.6 is 15.9 Å². The number of benzene rings is 3. The average molecular weight is 591 g/mol. The van der Waals surface area contributed by atoms with E-state index >= 15 is 0 Å². The largest absolute Gasteiger partial charge is 0.485 e. The minimum atomic E-state index is -5.07. The van der Waals surface area contributed by atoms with Gasteiger partial charge < -0.3 is 18.6 Å². The van der Waals surface area contributed by atoms with Crippen molar-refractivity contribution in [2.45, 2.75) is 13.1 Å². The molecule has 0 amide bonds. The SMILES string of the molecule is CCOC(=O)c1ccc(Oc2c(C(F)(F)F)oc3cc(OCC(=O)c4ccc(Br)cc4)ccc3c2=O)cc1. The van der Waals surface area contributed by atoms with Crippen LogP contribution in [0.4, 0.5) is 13.2 Å². The molecular weight excluding hydrogens is 573 g/mol. The van der Waals surface area contributed by atoms with Crippen molar-refractivity contribution in [3.63, 3.8) is 0 Å². The third kappa shape index (κ3) is 6.05. The molecule has 0 atom stereocenters. The Labute approximate surface area is 221 Å². The normalized spacial score (nSPS) is 11.3. The summed E-state index contributed by atoms with van der Waals surface area (Å²) in [6, 6.07) is 15.3. The average Bonchev–Trinajstić information content (AvgIpc) is 2.89. The number of halogens is 4.